The van der Waals surface area contributed by atoms with Gasteiger partial charge in [-0.05, 0) is 48.9 Å². The fourth-order valence-corrected chi connectivity index (χ4v) is 2.74. The average Bonchev–Trinajstić information content (AvgIpc) is 3.31. The van der Waals surface area contributed by atoms with E-state index in [0.717, 1.165) is 16.8 Å². The summed E-state index contributed by atoms with van der Waals surface area (Å²) in [6.07, 6.45) is 4.29. The molecule has 1 atom stereocenters. The van der Waals surface area contributed by atoms with E-state index in [4.69, 9.17) is 9.36 Å². The minimum Gasteiger partial charge on any atom is -0.388 e. The molecule has 26 heavy (non-hydrogen) atoms. The Hall–Kier alpha value is -3.21. The molecule has 1 aliphatic heterocycles. The van der Waals surface area contributed by atoms with Crippen LogP contribution >= 0.6 is 0 Å². The first-order chi connectivity index (χ1) is 12.7. The molecule has 0 spiro atoms. The third-order valence-electron chi connectivity index (χ3n) is 4.22. The van der Waals surface area contributed by atoms with E-state index in [9.17, 15) is 4.39 Å². The first-order valence-electron chi connectivity index (χ1n) is 8.38. The molecule has 0 bridgehead atoms. The maximum absolute atomic E-state index is 13.0. The summed E-state index contributed by atoms with van der Waals surface area (Å²) in [5.74, 6) is 0.330. The number of hydrogen-bond donors (Lipinski definition) is 0. The zero-order chi connectivity index (χ0) is 17.9. The normalized spacial score (nSPS) is 16.7. The highest BCUT2D eigenvalue weighted by atomic mass is 19.1. The second-order valence-electron chi connectivity index (χ2n) is 6.23. The summed E-state index contributed by atoms with van der Waals surface area (Å²) in [4.78, 5) is 5.47. The van der Waals surface area contributed by atoms with Crippen LogP contribution in [-0.4, -0.2) is 17.0 Å². The molecule has 4 rings (SSSR count). The molecule has 1 aliphatic rings. The fraction of sp³-hybridized carbons (Fsp3) is 0.143. The van der Waals surface area contributed by atoms with Crippen LogP contribution in [0.2, 0.25) is 0 Å². The van der Waals surface area contributed by atoms with Crippen LogP contribution in [-0.2, 0) is 4.84 Å². The van der Waals surface area contributed by atoms with Gasteiger partial charge in [0.25, 0.3) is 0 Å². The van der Waals surface area contributed by atoms with E-state index in [0.29, 0.717) is 17.9 Å². The van der Waals surface area contributed by atoms with Crippen molar-refractivity contribution < 1.29 is 13.8 Å². The molecule has 0 aliphatic carbocycles. The lowest BCUT2D eigenvalue weighted by Gasteiger charge is -2.00. The third kappa shape index (κ3) is 3.57. The summed E-state index contributed by atoms with van der Waals surface area (Å²) in [7, 11) is 0. The predicted molar refractivity (Wildman–Crippen MR) is 98.1 cm³/mol. The van der Waals surface area contributed by atoms with Crippen molar-refractivity contribution in [3.63, 3.8) is 0 Å². The summed E-state index contributed by atoms with van der Waals surface area (Å²) >= 11 is 0. The van der Waals surface area contributed by atoms with Gasteiger partial charge in [0.1, 0.15) is 11.5 Å². The van der Waals surface area contributed by atoms with E-state index >= 15 is 0 Å². The van der Waals surface area contributed by atoms with Crippen molar-refractivity contribution in [3.05, 3.63) is 83.4 Å². The molecule has 130 valence electrons. The van der Waals surface area contributed by atoms with Crippen LogP contribution in [0.5, 0.6) is 0 Å². The number of oxime groups is 1. The Kier molecular flexibility index (Phi) is 4.35. The lowest BCUT2D eigenvalue weighted by atomic mass is 10.0. The minimum atomic E-state index is -0.278. The maximum Gasteiger partial charge on any atom is 0.160 e. The Morgan fingerprint density at radius 3 is 2.54 bits per heavy atom. The van der Waals surface area contributed by atoms with E-state index in [1.165, 1.54) is 17.7 Å². The molecular formula is C21H17FN2O2. The molecule has 4 nitrogen and oxygen atoms in total. The molecule has 0 N–H and O–H groups in total. The highest BCUT2D eigenvalue weighted by molar-refractivity contribution is 6.01. The summed E-state index contributed by atoms with van der Waals surface area (Å²) in [5.41, 5.74) is 4.69. The van der Waals surface area contributed by atoms with Crippen LogP contribution in [0.15, 0.2) is 70.4 Å². The number of halogens is 1. The van der Waals surface area contributed by atoms with E-state index in [-0.39, 0.29) is 11.9 Å². The largest absolute Gasteiger partial charge is 0.388 e. The average molecular weight is 348 g/mol. The van der Waals surface area contributed by atoms with Crippen LogP contribution in [0.3, 0.4) is 0 Å². The molecule has 1 aromatic heterocycles. The van der Waals surface area contributed by atoms with Crippen molar-refractivity contribution in [3.8, 4) is 11.3 Å². The molecule has 1 unspecified atom stereocenters. The predicted octanol–water partition coefficient (Wildman–Crippen LogP) is 5.00. The molecule has 2 heterocycles. The Labute approximate surface area is 150 Å². The highest BCUT2D eigenvalue weighted by Crippen LogP contribution is 2.22. The van der Waals surface area contributed by atoms with Gasteiger partial charge < -0.3 is 9.36 Å². The summed E-state index contributed by atoms with van der Waals surface area (Å²) in [5, 5.41) is 8.19. The molecule has 0 radical (unpaired) electrons. The van der Waals surface area contributed by atoms with Gasteiger partial charge in [-0.2, -0.15) is 0 Å². The smallest absolute Gasteiger partial charge is 0.160 e. The quantitative estimate of drug-likeness (QED) is 0.667. The van der Waals surface area contributed by atoms with E-state index in [1.807, 2.05) is 12.2 Å². The molecule has 5 heteroatoms. The second kappa shape index (κ2) is 6.96. The van der Waals surface area contributed by atoms with Gasteiger partial charge in [-0.15, -0.1) is 0 Å². The Morgan fingerprint density at radius 2 is 1.77 bits per heavy atom. The van der Waals surface area contributed by atoms with Gasteiger partial charge in [-0.25, -0.2) is 4.39 Å². The monoisotopic (exact) mass is 348 g/mol. The number of aryl methyl sites for hydroxylation is 1. The van der Waals surface area contributed by atoms with Gasteiger partial charge in [0, 0.05) is 18.1 Å². The number of hydrogen-bond acceptors (Lipinski definition) is 4. The molecule has 3 aromatic rings. The van der Waals surface area contributed by atoms with Crippen molar-refractivity contribution in [2.45, 2.75) is 19.4 Å². The van der Waals surface area contributed by atoms with Crippen molar-refractivity contribution >= 4 is 11.8 Å². The van der Waals surface area contributed by atoms with Crippen LogP contribution < -0.4 is 0 Å². The molecule has 0 fully saturated rings. The second-order valence-corrected chi connectivity index (χ2v) is 6.23. The number of nitrogens with zero attached hydrogens (tertiary/aromatic N) is 2. The Balaban J connectivity index is 1.40. The SMILES string of the molecule is Cc1ccc(C2=NOC(/C=C/c3cc(-c4ccc(F)cc4)no3)C2)cc1. The van der Waals surface area contributed by atoms with Crippen LogP contribution in [0.4, 0.5) is 4.39 Å². The van der Waals surface area contributed by atoms with Gasteiger partial charge in [0.2, 0.25) is 0 Å². The summed E-state index contributed by atoms with van der Waals surface area (Å²) in [6.45, 7) is 2.06. The lowest BCUT2D eigenvalue weighted by Crippen LogP contribution is -2.04. The van der Waals surface area contributed by atoms with Crippen LogP contribution in [0.1, 0.15) is 23.3 Å². The number of benzene rings is 2. The fourth-order valence-electron chi connectivity index (χ4n) is 2.74. The third-order valence-corrected chi connectivity index (χ3v) is 4.22. The van der Waals surface area contributed by atoms with Gasteiger partial charge >= 0.3 is 0 Å². The zero-order valence-corrected chi connectivity index (χ0v) is 14.2. The van der Waals surface area contributed by atoms with Crippen molar-refractivity contribution in [2.24, 2.45) is 5.16 Å². The first kappa shape index (κ1) is 16.3. The van der Waals surface area contributed by atoms with Gasteiger partial charge in [-0.3, -0.25) is 0 Å². The van der Waals surface area contributed by atoms with Gasteiger partial charge in [-0.1, -0.05) is 40.1 Å². The van der Waals surface area contributed by atoms with E-state index in [1.54, 1.807) is 18.2 Å². The molecule has 2 aromatic carbocycles. The lowest BCUT2D eigenvalue weighted by molar-refractivity contribution is 0.120. The molecule has 0 saturated heterocycles. The molecule has 0 saturated carbocycles. The van der Waals surface area contributed by atoms with Crippen LogP contribution in [0.25, 0.3) is 17.3 Å². The highest BCUT2D eigenvalue weighted by Gasteiger charge is 2.19. The van der Waals surface area contributed by atoms with Crippen molar-refractivity contribution in [1.82, 2.24) is 5.16 Å². The minimum absolute atomic E-state index is 0.134. The Bertz CT molecular complexity index is 956. The van der Waals surface area contributed by atoms with E-state index < -0.39 is 0 Å². The van der Waals surface area contributed by atoms with Crippen molar-refractivity contribution in [1.29, 1.82) is 0 Å². The number of aromatic nitrogens is 1. The van der Waals surface area contributed by atoms with Gasteiger partial charge in [0.05, 0.1) is 5.71 Å². The summed E-state index contributed by atoms with van der Waals surface area (Å²) in [6, 6.07) is 16.2. The number of rotatable bonds is 4. The maximum atomic E-state index is 13.0. The van der Waals surface area contributed by atoms with Crippen molar-refractivity contribution in [2.75, 3.05) is 0 Å². The van der Waals surface area contributed by atoms with Crippen LogP contribution in [0, 0.1) is 12.7 Å². The molecule has 0 amide bonds. The Morgan fingerprint density at radius 1 is 1.04 bits per heavy atom. The molecular weight excluding hydrogens is 331 g/mol. The summed E-state index contributed by atoms with van der Waals surface area (Å²) < 4.78 is 18.3. The standard InChI is InChI=1S/C21H17FN2O2/c1-14-2-4-15(5-3-14)20-12-18(25-23-20)10-11-19-13-21(24-26-19)16-6-8-17(22)9-7-16/h2-11,13,18H,12H2,1H3/b11-10+. The zero-order valence-electron chi connectivity index (χ0n) is 14.2. The van der Waals surface area contributed by atoms with E-state index in [2.05, 4.69) is 41.5 Å². The first-order valence-corrected chi connectivity index (χ1v) is 8.38. The van der Waals surface area contributed by atoms with Gasteiger partial charge in [0.15, 0.2) is 11.9 Å². The topological polar surface area (TPSA) is 47.6 Å².